The number of ether oxygens (including phenoxy) is 4. The average molecular weight is 762 g/mol. The predicted molar refractivity (Wildman–Crippen MR) is 191 cm³/mol. The lowest BCUT2D eigenvalue weighted by Gasteiger charge is -2.35. The van der Waals surface area contributed by atoms with Crippen LogP contribution in [0.4, 0.5) is 18.0 Å². The molecule has 2 amide bonds. The Bertz CT molecular complexity index is 1620. The molecule has 1 aromatic heterocycles. The first-order chi connectivity index (χ1) is 25.6. The number of nitrogens with one attached hydrogen (secondary N) is 3. The van der Waals surface area contributed by atoms with E-state index in [9.17, 15) is 33.0 Å². The largest absolute Gasteiger partial charge is 0.453 e. The van der Waals surface area contributed by atoms with E-state index < -0.39 is 66.2 Å². The highest BCUT2D eigenvalue weighted by Gasteiger charge is 2.43. The van der Waals surface area contributed by atoms with Gasteiger partial charge in [-0.15, -0.1) is 0 Å². The van der Waals surface area contributed by atoms with Crippen molar-refractivity contribution >= 4 is 17.6 Å². The number of aliphatic hydroxyl groups is 2. The number of aromatic nitrogens is 1. The third-order valence-corrected chi connectivity index (χ3v) is 9.76. The Balaban J connectivity index is 1.38. The topological polar surface area (TPSA) is 164 Å². The number of halogens is 3. The number of hydrazine groups is 1. The molecule has 0 spiro atoms. The molecule has 16 heteroatoms. The normalized spacial score (nSPS) is 22.4. The van der Waals surface area contributed by atoms with E-state index >= 15 is 0 Å². The lowest BCUT2D eigenvalue weighted by atomic mass is 9.85. The van der Waals surface area contributed by atoms with Crippen molar-refractivity contribution in [3.8, 4) is 0 Å². The van der Waals surface area contributed by atoms with E-state index in [2.05, 4.69) is 21.0 Å². The van der Waals surface area contributed by atoms with Gasteiger partial charge in [0.2, 0.25) is 12.3 Å². The SMILES string of the molecule is COC(=O)NC(C(=O)NC(CC1=CC=C(c2cccnc2)CC1)C(O)CN(Cc1ccc(C(F)(F)F)cc1)NC(O)OC1COC2OCCC12)C(C)(C)C. The van der Waals surface area contributed by atoms with Crippen molar-refractivity contribution in [1.29, 1.82) is 0 Å². The fraction of sp³-hybridized carbons (Fsp3) is 0.553. The van der Waals surface area contributed by atoms with Crippen LogP contribution in [0.2, 0.25) is 0 Å². The molecule has 0 saturated carbocycles. The molecule has 3 aliphatic rings. The molecule has 0 radical (unpaired) electrons. The summed E-state index contributed by atoms with van der Waals surface area (Å²) in [4.78, 5) is 30.3. The molecule has 2 aliphatic heterocycles. The van der Waals surface area contributed by atoms with Crippen LogP contribution in [0.1, 0.15) is 63.1 Å². The van der Waals surface area contributed by atoms with Gasteiger partial charge >= 0.3 is 12.3 Å². The van der Waals surface area contributed by atoms with Crippen LogP contribution in [-0.4, -0.2) is 96.1 Å². The Kier molecular flexibility index (Phi) is 13.9. The van der Waals surface area contributed by atoms with Gasteiger partial charge in [0.05, 0.1) is 44.1 Å². The zero-order valence-electron chi connectivity index (χ0n) is 30.8. The Morgan fingerprint density at radius 2 is 1.81 bits per heavy atom. The smallest absolute Gasteiger partial charge is 0.416 e. The summed E-state index contributed by atoms with van der Waals surface area (Å²) >= 11 is 0. The lowest BCUT2D eigenvalue weighted by molar-refractivity contribution is -0.193. The minimum absolute atomic E-state index is 0.0545. The van der Waals surface area contributed by atoms with Crippen LogP contribution in [0.3, 0.4) is 0 Å². The van der Waals surface area contributed by atoms with Gasteiger partial charge in [0, 0.05) is 31.4 Å². The van der Waals surface area contributed by atoms with Gasteiger partial charge in [-0.1, -0.05) is 56.7 Å². The molecule has 54 heavy (non-hydrogen) atoms. The second-order valence-corrected chi connectivity index (χ2v) is 14.8. The number of amides is 2. The molecule has 5 N–H and O–H groups in total. The van der Waals surface area contributed by atoms with Crippen molar-refractivity contribution in [3.05, 3.63) is 83.2 Å². The van der Waals surface area contributed by atoms with E-state index in [1.54, 1.807) is 33.2 Å². The van der Waals surface area contributed by atoms with Gasteiger partial charge in [-0.05, 0) is 66.0 Å². The second-order valence-electron chi connectivity index (χ2n) is 14.8. The van der Waals surface area contributed by atoms with Crippen molar-refractivity contribution in [2.24, 2.45) is 11.3 Å². The molecule has 2 aromatic rings. The number of nitrogens with zero attached hydrogens (tertiary/aromatic N) is 2. The van der Waals surface area contributed by atoms with Gasteiger partial charge in [-0.25, -0.2) is 15.2 Å². The Morgan fingerprint density at radius 1 is 1.06 bits per heavy atom. The van der Waals surface area contributed by atoms with E-state index in [1.807, 2.05) is 24.3 Å². The summed E-state index contributed by atoms with van der Waals surface area (Å²) in [6, 6.07) is 6.43. The van der Waals surface area contributed by atoms with Gasteiger partial charge in [-0.2, -0.15) is 13.2 Å². The lowest BCUT2D eigenvalue weighted by Crippen LogP contribution is -2.59. The molecule has 2 fully saturated rings. The van der Waals surface area contributed by atoms with Crippen molar-refractivity contribution < 1.29 is 51.9 Å². The van der Waals surface area contributed by atoms with Crippen LogP contribution in [0.25, 0.3) is 5.57 Å². The predicted octanol–water partition coefficient (Wildman–Crippen LogP) is 4.27. The monoisotopic (exact) mass is 761 g/mol. The summed E-state index contributed by atoms with van der Waals surface area (Å²) < 4.78 is 61.8. The molecule has 13 nitrogen and oxygen atoms in total. The van der Waals surface area contributed by atoms with Gasteiger partial charge < -0.3 is 39.8 Å². The quantitative estimate of drug-likeness (QED) is 0.130. The number of alkyl halides is 3. The van der Waals surface area contributed by atoms with E-state index in [1.165, 1.54) is 24.3 Å². The summed E-state index contributed by atoms with van der Waals surface area (Å²) in [5.74, 6) is -0.638. The molecule has 7 atom stereocenters. The number of aliphatic hydroxyl groups excluding tert-OH is 2. The number of carbonyl (C=O) groups is 2. The summed E-state index contributed by atoms with van der Waals surface area (Å²) in [7, 11) is 1.19. The maximum Gasteiger partial charge on any atom is 0.416 e. The van der Waals surface area contributed by atoms with E-state index in [0.717, 1.165) is 28.8 Å². The minimum atomic E-state index is -4.53. The number of allylic oxidation sites excluding steroid dienone is 3. The molecule has 3 heterocycles. The molecular formula is C38H50F3N5O8. The second kappa shape index (κ2) is 18.2. The fourth-order valence-electron chi connectivity index (χ4n) is 6.78. The first-order valence-corrected chi connectivity index (χ1v) is 18.0. The molecule has 1 aromatic carbocycles. The highest BCUT2D eigenvalue weighted by atomic mass is 19.4. The fourth-order valence-corrected chi connectivity index (χ4v) is 6.78. The molecule has 7 unspecified atom stereocenters. The van der Waals surface area contributed by atoms with Crippen LogP contribution >= 0.6 is 0 Å². The molecule has 296 valence electrons. The maximum absolute atomic E-state index is 13.9. The molecule has 0 bridgehead atoms. The first-order valence-electron chi connectivity index (χ1n) is 18.0. The zero-order chi connectivity index (χ0) is 39.0. The summed E-state index contributed by atoms with van der Waals surface area (Å²) in [6.45, 7) is 5.77. The number of carbonyl (C=O) groups excluding carboxylic acids is 2. The number of pyridine rings is 1. The van der Waals surface area contributed by atoms with Gasteiger partial charge in [0.15, 0.2) is 6.29 Å². The maximum atomic E-state index is 13.9. The summed E-state index contributed by atoms with van der Waals surface area (Å²) in [5.41, 5.74) is 4.75. The van der Waals surface area contributed by atoms with E-state index in [-0.39, 0.29) is 32.0 Å². The number of hydrogen-bond donors (Lipinski definition) is 5. The number of rotatable bonds is 15. The average Bonchev–Trinajstić information content (AvgIpc) is 3.75. The van der Waals surface area contributed by atoms with Crippen molar-refractivity contribution in [1.82, 2.24) is 26.1 Å². The molecule has 1 aliphatic carbocycles. The number of hydrogen-bond acceptors (Lipinski definition) is 11. The first kappa shape index (κ1) is 41.3. The molecule has 5 rings (SSSR count). The van der Waals surface area contributed by atoms with Gasteiger partial charge in [0.1, 0.15) is 6.04 Å². The Morgan fingerprint density at radius 3 is 2.44 bits per heavy atom. The Hall–Kier alpha value is -3.90. The number of methoxy groups -OCH3 is 1. The van der Waals surface area contributed by atoms with Crippen molar-refractivity contribution in [2.75, 3.05) is 26.9 Å². The number of benzene rings is 1. The number of fused-ring (bicyclic) bond motifs is 1. The standard InChI is InChI=1S/C38H50F3N5O8/c1-37(2,3)32(44-35(49)51-4)33(48)43-29(18-23-7-11-25(12-8-23)26-6-5-16-42-19-26)30(47)21-46(20-24-9-13-27(14-10-24)38(39,40)41)45-36(50)54-31-22-53-34-28(31)15-17-52-34/h5-7,9-11,13-14,16,19,28-32,34,36,45,47,50H,8,12,15,17-18,20-22H2,1-4H3,(H,43,48)(H,44,49). The van der Waals surface area contributed by atoms with Crippen LogP contribution in [0.15, 0.2) is 66.5 Å². The molecule has 2 saturated heterocycles. The third-order valence-electron chi connectivity index (χ3n) is 9.76. The third kappa shape index (κ3) is 11.3. The summed E-state index contributed by atoms with van der Waals surface area (Å²) in [5, 5.41) is 29.9. The summed E-state index contributed by atoms with van der Waals surface area (Å²) in [6.07, 6.45) is 0.565. The van der Waals surface area contributed by atoms with E-state index in [4.69, 9.17) is 18.9 Å². The zero-order valence-corrected chi connectivity index (χ0v) is 30.8. The Labute approximate surface area is 312 Å². The minimum Gasteiger partial charge on any atom is -0.453 e. The highest BCUT2D eigenvalue weighted by Crippen LogP contribution is 2.34. The van der Waals surface area contributed by atoms with Gasteiger partial charge in [-0.3, -0.25) is 9.78 Å². The highest BCUT2D eigenvalue weighted by molar-refractivity contribution is 5.86. The molecular weight excluding hydrogens is 711 g/mol. The van der Waals surface area contributed by atoms with Crippen molar-refractivity contribution in [2.45, 2.75) is 96.2 Å². The van der Waals surface area contributed by atoms with Gasteiger partial charge in [0.25, 0.3) is 0 Å². The van der Waals surface area contributed by atoms with Crippen molar-refractivity contribution in [3.63, 3.8) is 0 Å². The van der Waals surface area contributed by atoms with Crippen LogP contribution < -0.4 is 16.1 Å². The van der Waals surface area contributed by atoms with Crippen LogP contribution in [0.5, 0.6) is 0 Å². The number of alkyl carbamates (subject to hydrolysis) is 1. The van der Waals surface area contributed by atoms with E-state index in [0.29, 0.717) is 31.4 Å². The van der Waals surface area contributed by atoms with Crippen LogP contribution in [0, 0.1) is 11.3 Å². The van der Waals surface area contributed by atoms with Crippen LogP contribution in [-0.2, 0) is 36.5 Å².